The largest absolute Gasteiger partial charge is 0.494 e. The minimum Gasteiger partial charge on any atom is -0.494 e. The smallest absolute Gasteiger partial charge is 0.259 e. The minimum atomic E-state index is -0.222. The van der Waals surface area contributed by atoms with E-state index in [-0.39, 0.29) is 5.91 Å². The van der Waals surface area contributed by atoms with Gasteiger partial charge in [0.1, 0.15) is 11.5 Å². The first-order valence-corrected chi connectivity index (χ1v) is 9.35. The van der Waals surface area contributed by atoms with Crippen LogP contribution in [0.5, 0.6) is 11.5 Å². The number of carbonyl (C=O) groups is 1. The highest BCUT2D eigenvalue weighted by molar-refractivity contribution is 6.08. The van der Waals surface area contributed by atoms with E-state index in [0.717, 1.165) is 24.5 Å². The molecule has 1 aliphatic rings. The number of nitrogens with zero attached hydrogens (tertiary/aromatic N) is 1. The highest BCUT2D eigenvalue weighted by Crippen LogP contribution is 2.29. The lowest BCUT2D eigenvalue weighted by molar-refractivity contribution is 0.102. The zero-order chi connectivity index (χ0) is 19.1. The van der Waals surface area contributed by atoms with Gasteiger partial charge >= 0.3 is 0 Å². The molecule has 6 nitrogen and oxygen atoms in total. The van der Waals surface area contributed by atoms with Gasteiger partial charge in [0.15, 0.2) is 0 Å². The maximum atomic E-state index is 13.0. The Morgan fingerprint density at radius 3 is 2.56 bits per heavy atom. The molecule has 1 amide bonds. The van der Waals surface area contributed by atoms with Crippen molar-refractivity contribution in [2.45, 2.75) is 13.8 Å². The van der Waals surface area contributed by atoms with Gasteiger partial charge in [0.05, 0.1) is 43.4 Å². The molecule has 2 aromatic rings. The van der Waals surface area contributed by atoms with Crippen molar-refractivity contribution in [2.75, 3.05) is 49.7 Å². The number of carbonyl (C=O) groups excluding carboxylic acids is 1. The van der Waals surface area contributed by atoms with Gasteiger partial charge in [-0.05, 0) is 44.2 Å². The fourth-order valence-corrected chi connectivity index (χ4v) is 3.07. The van der Waals surface area contributed by atoms with Crippen LogP contribution in [0.15, 0.2) is 42.5 Å². The van der Waals surface area contributed by atoms with Gasteiger partial charge in [0.25, 0.3) is 5.91 Å². The van der Waals surface area contributed by atoms with Crippen LogP contribution < -0.4 is 19.7 Å². The van der Waals surface area contributed by atoms with Crippen molar-refractivity contribution >= 4 is 17.3 Å². The number of benzene rings is 2. The van der Waals surface area contributed by atoms with Crippen LogP contribution in [-0.4, -0.2) is 45.4 Å². The molecule has 1 saturated heterocycles. The minimum absolute atomic E-state index is 0.222. The van der Waals surface area contributed by atoms with E-state index in [1.807, 2.05) is 44.2 Å². The van der Waals surface area contributed by atoms with Gasteiger partial charge in [0, 0.05) is 13.1 Å². The summed E-state index contributed by atoms with van der Waals surface area (Å²) >= 11 is 0. The fraction of sp³-hybridized carbons (Fsp3) is 0.381. The predicted octanol–water partition coefficient (Wildman–Crippen LogP) is 3.57. The Bertz CT molecular complexity index is 773. The summed E-state index contributed by atoms with van der Waals surface area (Å²) in [6, 6.07) is 13.1. The van der Waals surface area contributed by atoms with Gasteiger partial charge in [-0.15, -0.1) is 0 Å². The van der Waals surface area contributed by atoms with Crippen molar-refractivity contribution in [3.05, 3.63) is 48.0 Å². The number of para-hydroxylation sites is 2. The Kier molecular flexibility index (Phi) is 6.54. The predicted molar refractivity (Wildman–Crippen MR) is 106 cm³/mol. The second kappa shape index (κ2) is 9.28. The molecule has 0 aromatic heterocycles. The van der Waals surface area contributed by atoms with Crippen molar-refractivity contribution in [1.29, 1.82) is 0 Å². The fourth-order valence-electron chi connectivity index (χ4n) is 3.07. The van der Waals surface area contributed by atoms with Gasteiger partial charge in [-0.25, -0.2) is 0 Å². The lowest BCUT2D eigenvalue weighted by Crippen LogP contribution is -2.36. The lowest BCUT2D eigenvalue weighted by atomic mass is 10.1. The molecule has 0 atom stereocenters. The summed E-state index contributed by atoms with van der Waals surface area (Å²) < 4.78 is 16.6. The second-order valence-corrected chi connectivity index (χ2v) is 6.09. The number of nitrogens with one attached hydrogen (secondary N) is 1. The number of rotatable bonds is 7. The second-order valence-electron chi connectivity index (χ2n) is 6.09. The molecule has 0 saturated carbocycles. The number of amides is 1. The van der Waals surface area contributed by atoms with Crippen LogP contribution in [0.4, 0.5) is 11.4 Å². The quantitative estimate of drug-likeness (QED) is 0.807. The molecule has 0 bridgehead atoms. The SMILES string of the molecule is CCOc1ccc(OCC)c(C(=O)Nc2ccccc2N2CCOCC2)c1. The van der Waals surface area contributed by atoms with Crippen LogP contribution in [0.1, 0.15) is 24.2 Å². The van der Waals surface area contributed by atoms with Crippen molar-refractivity contribution in [2.24, 2.45) is 0 Å². The van der Waals surface area contributed by atoms with Crippen LogP contribution in [0.25, 0.3) is 0 Å². The first-order valence-electron chi connectivity index (χ1n) is 9.35. The third-order valence-electron chi connectivity index (χ3n) is 4.31. The molecule has 0 radical (unpaired) electrons. The molecule has 1 heterocycles. The summed E-state index contributed by atoms with van der Waals surface area (Å²) in [5.41, 5.74) is 2.22. The number of hydrogen-bond acceptors (Lipinski definition) is 5. The number of morpholine rings is 1. The summed E-state index contributed by atoms with van der Waals surface area (Å²) in [7, 11) is 0. The summed E-state index contributed by atoms with van der Waals surface area (Å²) in [5, 5.41) is 3.04. The van der Waals surface area contributed by atoms with Gasteiger partial charge in [0.2, 0.25) is 0 Å². The van der Waals surface area contributed by atoms with Crippen LogP contribution in [0, 0.1) is 0 Å². The zero-order valence-electron chi connectivity index (χ0n) is 15.9. The van der Waals surface area contributed by atoms with Crippen LogP contribution >= 0.6 is 0 Å². The topological polar surface area (TPSA) is 60.0 Å². The molecule has 0 spiro atoms. The third-order valence-corrected chi connectivity index (χ3v) is 4.31. The molecule has 2 aromatic carbocycles. The Balaban J connectivity index is 1.86. The Morgan fingerprint density at radius 1 is 1.07 bits per heavy atom. The number of hydrogen-bond donors (Lipinski definition) is 1. The Morgan fingerprint density at radius 2 is 1.81 bits per heavy atom. The van der Waals surface area contributed by atoms with Crippen molar-refractivity contribution < 1.29 is 19.0 Å². The Hall–Kier alpha value is -2.73. The molecular weight excluding hydrogens is 344 g/mol. The summed E-state index contributed by atoms with van der Waals surface area (Å²) in [6.45, 7) is 7.81. The highest BCUT2D eigenvalue weighted by Gasteiger charge is 2.19. The first-order chi connectivity index (χ1) is 13.2. The highest BCUT2D eigenvalue weighted by atomic mass is 16.5. The van der Waals surface area contributed by atoms with Gasteiger partial charge in [-0.2, -0.15) is 0 Å². The van der Waals surface area contributed by atoms with E-state index in [0.29, 0.717) is 43.5 Å². The van der Waals surface area contributed by atoms with Crippen molar-refractivity contribution in [3.63, 3.8) is 0 Å². The average Bonchev–Trinajstić information content (AvgIpc) is 2.70. The standard InChI is InChI=1S/C21H26N2O4/c1-3-26-16-9-10-20(27-4-2)17(15-16)21(24)22-18-7-5-6-8-19(18)23-11-13-25-14-12-23/h5-10,15H,3-4,11-14H2,1-2H3,(H,22,24). The summed E-state index contributed by atoms with van der Waals surface area (Å²) in [5.74, 6) is 0.968. The molecular formula is C21H26N2O4. The monoisotopic (exact) mass is 370 g/mol. The molecule has 1 fully saturated rings. The maximum absolute atomic E-state index is 13.0. The average molecular weight is 370 g/mol. The normalized spacial score (nSPS) is 13.9. The maximum Gasteiger partial charge on any atom is 0.259 e. The van der Waals surface area contributed by atoms with E-state index >= 15 is 0 Å². The van der Waals surface area contributed by atoms with Gasteiger partial charge < -0.3 is 24.4 Å². The number of anilines is 2. The molecule has 144 valence electrons. The van der Waals surface area contributed by atoms with E-state index in [9.17, 15) is 4.79 Å². The molecule has 6 heteroatoms. The summed E-state index contributed by atoms with van der Waals surface area (Å²) in [6.07, 6.45) is 0. The molecule has 3 rings (SSSR count). The van der Waals surface area contributed by atoms with Crippen LogP contribution in [0.3, 0.4) is 0 Å². The summed E-state index contributed by atoms with van der Waals surface area (Å²) in [4.78, 5) is 15.2. The third kappa shape index (κ3) is 4.71. The Labute approximate surface area is 160 Å². The zero-order valence-corrected chi connectivity index (χ0v) is 15.9. The molecule has 27 heavy (non-hydrogen) atoms. The van der Waals surface area contributed by atoms with Gasteiger partial charge in [-0.3, -0.25) is 4.79 Å². The van der Waals surface area contributed by atoms with E-state index in [4.69, 9.17) is 14.2 Å². The van der Waals surface area contributed by atoms with Crippen LogP contribution in [-0.2, 0) is 4.74 Å². The number of ether oxygens (including phenoxy) is 3. The van der Waals surface area contributed by atoms with E-state index in [1.54, 1.807) is 12.1 Å². The molecule has 0 unspecified atom stereocenters. The molecule has 0 aliphatic carbocycles. The van der Waals surface area contributed by atoms with E-state index in [2.05, 4.69) is 10.2 Å². The lowest BCUT2D eigenvalue weighted by Gasteiger charge is -2.30. The van der Waals surface area contributed by atoms with Crippen LogP contribution in [0.2, 0.25) is 0 Å². The molecule has 1 aliphatic heterocycles. The van der Waals surface area contributed by atoms with E-state index < -0.39 is 0 Å². The van der Waals surface area contributed by atoms with Gasteiger partial charge in [-0.1, -0.05) is 12.1 Å². The first kappa shape index (κ1) is 19.0. The van der Waals surface area contributed by atoms with E-state index in [1.165, 1.54) is 0 Å². The van der Waals surface area contributed by atoms with Crippen molar-refractivity contribution in [1.82, 2.24) is 0 Å². The molecule has 1 N–H and O–H groups in total. The van der Waals surface area contributed by atoms with Crippen molar-refractivity contribution in [3.8, 4) is 11.5 Å².